The molecular formula is C65H84Cl2N11O14PS. The number of carbonyl (C=O) groups excluding carboxylic acids is 8. The van der Waals surface area contributed by atoms with Gasteiger partial charge in [0.05, 0.1) is 39.3 Å². The normalized spacial score (nSPS) is 19.5. The number of nitrogens with zero attached hydrogens (tertiary/aromatic N) is 4. The highest BCUT2D eigenvalue weighted by molar-refractivity contribution is 7.80. The number of ether oxygens (including phenoxy) is 2. The average molecular weight is 1380 g/mol. The first kappa shape index (κ1) is 71.0. The third kappa shape index (κ3) is 15.2. The number of nitrogens with one attached hydrogen (secondary N) is 5. The number of thiocarbonyl (C=S) groups is 1. The molecule has 3 aromatic carbocycles. The van der Waals surface area contributed by atoms with E-state index in [9.17, 15) is 52.7 Å². The minimum absolute atomic E-state index is 0.0294. The van der Waals surface area contributed by atoms with Crippen molar-refractivity contribution in [2.75, 3.05) is 80.2 Å². The van der Waals surface area contributed by atoms with Gasteiger partial charge in [-0.2, -0.15) is 0 Å². The number of amides is 7. The molecule has 3 aliphatic carbocycles. The Hall–Kier alpha value is -7.32. The molecule has 4 heterocycles. The molecule has 508 valence electrons. The Morgan fingerprint density at radius 2 is 1.32 bits per heavy atom. The Bertz CT molecular complexity index is 3800. The number of aromatic amines is 2. The highest BCUT2D eigenvalue weighted by Gasteiger charge is 2.76. The van der Waals surface area contributed by atoms with Crippen molar-refractivity contribution in [3.8, 4) is 11.5 Å². The molecule has 2 aliphatic heterocycles. The number of nitrogens with two attached hydrogens (primary N) is 2. The number of primary amides is 1. The highest BCUT2D eigenvalue weighted by Crippen LogP contribution is 2.75. The molecule has 29 heteroatoms. The largest absolute Gasteiger partial charge is 0.524 e. The van der Waals surface area contributed by atoms with E-state index >= 15 is 0 Å². The molecule has 25 nitrogen and oxygen atoms in total. The van der Waals surface area contributed by atoms with Crippen LogP contribution in [-0.4, -0.2) is 153 Å². The Balaban J connectivity index is 0.788. The summed E-state index contributed by atoms with van der Waals surface area (Å²) in [4.78, 5) is 140. The van der Waals surface area contributed by atoms with E-state index in [1.54, 1.807) is 79.2 Å². The van der Waals surface area contributed by atoms with Gasteiger partial charge in [-0.3, -0.25) is 33.8 Å². The van der Waals surface area contributed by atoms with Crippen LogP contribution < -0.4 is 46.5 Å². The standard InChI is InChI=1S/C65H84Cl2N11O14PS/c1-35(2)54(74-58(82)40(21-38(5)79)11-8-9-17-68)47(80)22-41(12-10-18-70-61(69)85)57(81)73-44-15-13-39(14-16-44)31-90-62(86)75(6)19-20-76(7)63(94)91-48-23-45-52(50-36(3)27-71-55(48)50)42(25-66)29-77(45)59(83)64-32-65(33-64,34-64)60(84)78-30-43(26-67)53-46(78)24-49(92-93(87,88)89)56-51(53)37(4)28-72-56/h13-16,23-24,27-28,35,40-43,54,71-72H,8-12,17-22,25-26,29-34,68H2,1-7H3,(H,73,81)(H,74,82)(H3,69,70,85)(H2,87,88,89). The number of rotatable bonds is 30. The van der Waals surface area contributed by atoms with E-state index in [1.807, 2.05) is 20.0 Å². The molecule has 11 N–H and O–H groups in total. The van der Waals surface area contributed by atoms with Crippen LogP contribution in [0.2, 0.25) is 0 Å². The van der Waals surface area contributed by atoms with Gasteiger partial charge in [-0.25, -0.2) is 14.2 Å². The third-order valence-electron chi connectivity index (χ3n) is 18.7. The second-order valence-electron chi connectivity index (χ2n) is 26.1. The number of alkyl halides is 2. The quantitative estimate of drug-likeness (QED) is 0.00898. The molecule has 0 saturated heterocycles. The van der Waals surface area contributed by atoms with E-state index in [0.29, 0.717) is 103 Å². The summed E-state index contributed by atoms with van der Waals surface area (Å²) < 4.78 is 29.3. The van der Waals surface area contributed by atoms with Gasteiger partial charge in [-0.15, -0.1) is 23.2 Å². The number of aromatic nitrogens is 2. The smallest absolute Gasteiger partial charge is 0.445 e. The molecule has 3 saturated carbocycles. The lowest BCUT2D eigenvalue weighted by Gasteiger charge is -2.69. The van der Waals surface area contributed by atoms with Gasteiger partial charge in [0.1, 0.15) is 12.4 Å². The molecule has 10 rings (SSSR count). The molecule has 94 heavy (non-hydrogen) atoms. The summed E-state index contributed by atoms with van der Waals surface area (Å²) in [7, 11) is -1.67. The maximum absolute atomic E-state index is 15.0. The number of hydrogen-bond acceptors (Lipinski definition) is 14. The highest BCUT2D eigenvalue weighted by atomic mass is 35.5. The third-order valence-corrected chi connectivity index (χ3v) is 20.3. The van der Waals surface area contributed by atoms with Crippen molar-refractivity contribution in [2.24, 2.45) is 40.1 Å². The van der Waals surface area contributed by atoms with Crippen LogP contribution in [0, 0.1) is 42.4 Å². The average Bonchev–Trinajstić information content (AvgIpc) is 0.898. The number of anilines is 3. The second-order valence-corrected chi connectivity index (χ2v) is 28.3. The lowest BCUT2D eigenvalue weighted by Crippen LogP contribution is -2.73. The van der Waals surface area contributed by atoms with E-state index in [-0.39, 0.29) is 116 Å². The summed E-state index contributed by atoms with van der Waals surface area (Å²) in [5.74, 6) is -3.25. The number of urea groups is 1. The molecule has 5 atom stereocenters. The van der Waals surface area contributed by atoms with E-state index in [4.69, 9.17) is 60.9 Å². The summed E-state index contributed by atoms with van der Waals surface area (Å²) in [6.45, 7) is 10.3. The van der Waals surface area contributed by atoms with Crippen molar-refractivity contribution in [3.05, 3.63) is 76.6 Å². The van der Waals surface area contributed by atoms with Crippen molar-refractivity contribution < 1.29 is 66.7 Å². The number of H-pyrrole nitrogens is 2. The zero-order valence-electron chi connectivity index (χ0n) is 53.9. The fourth-order valence-electron chi connectivity index (χ4n) is 13.9. The van der Waals surface area contributed by atoms with Crippen molar-refractivity contribution in [2.45, 2.75) is 123 Å². The predicted octanol–water partition coefficient (Wildman–Crippen LogP) is 8.64. The molecule has 5 aromatic rings. The molecule has 0 radical (unpaired) electrons. The number of ketones is 2. The van der Waals surface area contributed by atoms with E-state index < -0.39 is 60.5 Å². The number of hydrogen-bond donors (Lipinski definition) is 9. The molecule has 5 aliphatic rings. The van der Waals surface area contributed by atoms with Crippen LogP contribution in [0.3, 0.4) is 0 Å². The van der Waals surface area contributed by atoms with Gasteiger partial charge in [0.25, 0.3) is 5.17 Å². The summed E-state index contributed by atoms with van der Waals surface area (Å²) in [5, 5.41) is 9.87. The molecule has 2 aromatic heterocycles. The van der Waals surface area contributed by atoms with Gasteiger partial charge >= 0.3 is 19.9 Å². The first-order valence-electron chi connectivity index (χ1n) is 31.6. The van der Waals surface area contributed by atoms with Crippen molar-refractivity contribution >= 4 is 135 Å². The van der Waals surface area contributed by atoms with Gasteiger partial charge in [-0.05, 0) is 130 Å². The van der Waals surface area contributed by atoms with E-state index in [0.717, 1.165) is 27.6 Å². The number of aryl methyl sites for hydroxylation is 2. The van der Waals surface area contributed by atoms with Crippen molar-refractivity contribution in [3.63, 3.8) is 0 Å². The number of likely N-dealkylation sites (N-methyl/N-ethyl adjacent to an activating group) is 2. The van der Waals surface area contributed by atoms with Crippen LogP contribution >= 0.6 is 43.2 Å². The molecular weight excluding hydrogens is 1290 g/mol. The van der Waals surface area contributed by atoms with Gasteiger partial charge in [0.15, 0.2) is 17.3 Å². The number of benzene rings is 3. The number of fused-ring (bicyclic) bond motifs is 6. The topological polar surface area (TPSA) is 354 Å². The first-order chi connectivity index (χ1) is 44.5. The van der Waals surface area contributed by atoms with Crippen LogP contribution in [-0.2, 0) is 44.7 Å². The minimum atomic E-state index is -4.98. The number of unbranched alkanes of at least 4 members (excludes halogenated alkanes) is 1. The minimum Gasteiger partial charge on any atom is -0.445 e. The fraction of sp³-hybridized carbons (Fsp3) is 0.523. The lowest BCUT2D eigenvalue weighted by atomic mass is 9.34. The molecule has 3 fully saturated rings. The maximum atomic E-state index is 15.0. The Labute approximate surface area is 560 Å². The van der Waals surface area contributed by atoms with Crippen LogP contribution in [0.1, 0.15) is 125 Å². The van der Waals surface area contributed by atoms with Gasteiger partial charge in [0.2, 0.25) is 23.6 Å². The summed E-state index contributed by atoms with van der Waals surface area (Å²) >= 11 is 19.1. The van der Waals surface area contributed by atoms with E-state index in [1.165, 1.54) is 17.9 Å². The lowest BCUT2D eigenvalue weighted by molar-refractivity contribution is -0.205. The maximum Gasteiger partial charge on any atom is 0.524 e. The number of Topliss-reactive ketones (excluding diaryl/α,β-unsaturated/α-hetero) is 2. The number of halogens is 2. The van der Waals surface area contributed by atoms with Crippen LogP contribution in [0.15, 0.2) is 48.8 Å². The van der Waals surface area contributed by atoms with Gasteiger partial charge in [-0.1, -0.05) is 32.4 Å². The van der Waals surface area contributed by atoms with Gasteiger partial charge < -0.3 is 75.8 Å². The summed E-state index contributed by atoms with van der Waals surface area (Å²) in [6.07, 6.45) is 6.02. The fourth-order valence-corrected chi connectivity index (χ4v) is 15.0. The monoisotopic (exact) mass is 1380 g/mol. The zero-order valence-corrected chi connectivity index (χ0v) is 57.1. The van der Waals surface area contributed by atoms with Crippen LogP contribution in [0.4, 0.5) is 26.7 Å². The molecule has 0 spiro atoms. The van der Waals surface area contributed by atoms with Crippen molar-refractivity contribution in [1.82, 2.24) is 30.4 Å². The predicted molar refractivity (Wildman–Crippen MR) is 361 cm³/mol. The van der Waals surface area contributed by atoms with Crippen molar-refractivity contribution in [1.29, 1.82) is 0 Å². The SMILES string of the molecule is CC(=O)CC(CCCCN)C(=O)NC(C(=O)CC(CCCNC(N)=O)C(=O)Nc1ccc(COC(=O)N(C)CCN(C)C(=S)Oc2cc3c(c4c(C)c[nH]c24)C(CCl)CN3C(=O)C23CC(C(=O)N4CC(CCl)c5c4cc(OP(=O)(O)O)c4[nH]cc(C)c54)(C2)C3)cc1)C(C)C. The number of carbonyl (C=O) groups is 8. The summed E-state index contributed by atoms with van der Waals surface area (Å²) in [5.41, 5.74) is 15.9. The van der Waals surface area contributed by atoms with Crippen LogP contribution in [0.5, 0.6) is 11.5 Å². The Kier molecular flexibility index (Phi) is 22.2. The molecule has 7 amide bonds. The second kappa shape index (κ2) is 29.4. The Morgan fingerprint density at radius 1 is 0.787 bits per heavy atom. The van der Waals surface area contributed by atoms with Crippen LogP contribution in [0.25, 0.3) is 21.8 Å². The van der Waals surface area contributed by atoms with E-state index in [2.05, 4.69) is 25.9 Å². The molecule has 5 unspecified atom stereocenters. The number of phosphoric acid groups is 1. The Morgan fingerprint density at radius 3 is 1.84 bits per heavy atom. The first-order valence-corrected chi connectivity index (χ1v) is 34.6. The summed E-state index contributed by atoms with van der Waals surface area (Å²) in [6, 6.07) is 8.28. The zero-order chi connectivity index (χ0) is 68.3. The number of phosphoric ester groups is 1. The molecule has 2 bridgehead atoms. The van der Waals surface area contributed by atoms with Gasteiger partial charge in [0, 0.05) is 136 Å².